The number of allylic oxidation sites excluding steroid dienone is 1. The lowest BCUT2D eigenvalue weighted by Gasteiger charge is -2.28. The van der Waals surface area contributed by atoms with Gasteiger partial charge in [0.2, 0.25) is 0 Å². The number of amides is 3. The number of carbonyl (C=O) groups excluding carboxylic acids is 3. The van der Waals surface area contributed by atoms with E-state index < -0.39 is 23.9 Å². The van der Waals surface area contributed by atoms with E-state index in [-0.39, 0.29) is 12.2 Å². The van der Waals surface area contributed by atoms with Gasteiger partial charge in [-0.05, 0) is 71.2 Å². The predicted octanol–water partition coefficient (Wildman–Crippen LogP) is 3.19. The van der Waals surface area contributed by atoms with E-state index in [0.29, 0.717) is 35.1 Å². The molecule has 1 heterocycles. The molecule has 2 aromatic rings. The number of hydrogen-bond acceptors (Lipinski definition) is 8. The topological polar surface area (TPSA) is 137 Å². The molecule has 0 saturated heterocycles. The Bertz CT molecular complexity index is 1250. The zero-order valence-electron chi connectivity index (χ0n) is 20.7. The van der Waals surface area contributed by atoms with Crippen LogP contribution < -0.4 is 30.3 Å². The van der Waals surface area contributed by atoms with Crippen molar-refractivity contribution < 1.29 is 33.3 Å². The Morgan fingerprint density at radius 3 is 2.54 bits per heavy atom. The first-order valence-electron chi connectivity index (χ1n) is 11.2. The van der Waals surface area contributed by atoms with Crippen LogP contribution >= 0.6 is 15.9 Å². The van der Waals surface area contributed by atoms with E-state index in [4.69, 9.17) is 18.9 Å². The summed E-state index contributed by atoms with van der Waals surface area (Å²) in [4.78, 5) is 36.5. The van der Waals surface area contributed by atoms with Gasteiger partial charge in [-0.3, -0.25) is 4.79 Å². The molecule has 0 unspecified atom stereocenters. The summed E-state index contributed by atoms with van der Waals surface area (Å²) in [5.41, 5.74) is 4.37. The van der Waals surface area contributed by atoms with Gasteiger partial charge in [0.15, 0.2) is 18.1 Å². The number of methoxy groups -OCH3 is 2. The zero-order chi connectivity index (χ0) is 26.9. The van der Waals surface area contributed by atoms with Gasteiger partial charge in [-0.25, -0.2) is 15.0 Å². The van der Waals surface area contributed by atoms with Gasteiger partial charge in [-0.1, -0.05) is 6.07 Å². The van der Waals surface area contributed by atoms with Crippen LogP contribution in [0.2, 0.25) is 0 Å². The van der Waals surface area contributed by atoms with Gasteiger partial charge in [0.05, 0.1) is 43.1 Å². The molecule has 11 nitrogen and oxygen atoms in total. The number of benzene rings is 2. The molecule has 0 bridgehead atoms. The number of esters is 1. The second-order valence-electron chi connectivity index (χ2n) is 7.68. The Balaban J connectivity index is 1.65. The van der Waals surface area contributed by atoms with Crippen LogP contribution in [-0.2, 0) is 14.3 Å². The largest absolute Gasteiger partial charge is 0.493 e. The third-order valence-corrected chi connectivity index (χ3v) is 5.83. The number of rotatable bonds is 10. The lowest BCUT2D eigenvalue weighted by atomic mass is 9.95. The van der Waals surface area contributed by atoms with E-state index in [0.717, 1.165) is 10.0 Å². The van der Waals surface area contributed by atoms with E-state index in [1.54, 1.807) is 37.3 Å². The lowest BCUT2D eigenvalue weighted by molar-refractivity contribution is -0.136. The molecule has 3 amide bonds. The van der Waals surface area contributed by atoms with Crippen molar-refractivity contribution in [2.45, 2.75) is 19.9 Å². The summed E-state index contributed by atoms with van der Waals surface area (Å²) in [6.45, 7) is 3.74. The monoisotopic (exact) mass is 574 g/mol. The van der Waals surface area contributed by atoms with Crippen LogP contribution in [0.3, 0.4) is 0 Å². The number of ether oxygens (including phenoxy) is 4. The molecule has 196 valence electrons. The summed E-state index contributed by atoms with van der Waals surface area (Å²) in [6, 6.07) is 9.06. The average Bonchev–Trinajstić information content (AvgIpc) is 2.88. The minimum Gasteiger partial charge on any atom is -0.493 e. The third-order valence-electron chi connectivity index (χ3n) is 5.21. The summed E-state index contributed by atoms with van der Waals surface area (Å²) in [7, 11) is 2.70. The second-order valence-corrected chi connectivity index (χ2v) is 8.53. The molecule has 1 atom stereocenters. The van der Waals surface area contributed by atoms with Crippen LogP contribution in [-0.4, -0.2) is 51.6 Å². The van der Waals surface area contributed by atoms with Crippen LogP contribution in [0.25, 0.3) is 0 Å². The minimum atomic E-state index is -0.760. The van der Waals surface area contributed by atoms with E-state index in [1.165, 1.54) is 20.4 Å². The number of nitrogens with zero attached hydrogens (tertiary/aromatic N) is 1. The Morgan fingerprint density at radius 1 is 1.11 bits per heavy atom. The van der Waals surface area contributed by atoms with Crippen molar-refractivity contribution in [2.75, 3.05) is 27.4 Å². The number of hydrazone groups is 1. The van der Waals surface area contributed by atoms with Crippen molar-refractivity contribution in [3.8, 4) is 17.2 Å². The first-order valence-corrected chi connectivity index (χ1v) is 12.0. The molecule has 2 aromatic carbocycles. The standard InChI is InChI=1S/C25H27BrN4O7/c1-5-36-18-8-6-15(10-17(18)26)12-27-30-21(31)13-37-19-9-7-16(11-20(19)34-3)23-22(24(32)35-4)14(2)28-25(33)29-23/h6-12,23H,5,13H2,1-4H3,(H,30,31)(H2,28,29,33)/b27-12-/t23-/m0/s1. The van der Waals surface area contributed by atoms with Crippen molar-refractivity contribution in [3.05, 3.63) is 63.3 Å². The molecule has 0 fully saturated rings. The molecular weight excluding hydrogens is 548 g/mol. The van der Waals surface area contributed by atoms with Crippen molar-refractivity contribution in [2.24, 2.45) is 5.10 Å². The molecule has 12 heteroatoms. The lowest BCUT2D eigenvalue weighted by Crippen LogP contribution is -2.45. The Morgan fingerprint density at radius 2 is 1.86 bits per heavy atom. The third kappa shape index (κ3) is 7.00. The predicted molar refractivity (Wildman–Crippen MR) is 139 cm³/mol. The maximum absolute atomic E-state index is 12.3. The van der Waals surface area contributed by atoms with Crippen molar-refractivity contribution in [1.82, 2.24) is 16.1 Å². The van der Waals surface area contributed by atoms with Gasteiger partial charge in [-0.15, -0.1) is 0 Å². The Kier molecular flexibility index (Phi) is 9.50. The van der Waals surface area contributed by atoms with Crippen molar-refractivity contribution in [3.63, 3.8) is 0 Å². The minimum absolute atomic E-state index is 0.259. The van der Waals surface area contributed by atoms with Gasteiger partial charge in [0.1, 0.15) is 5.75 Å². The molecule has 0 aromatic heterocycles. The Hall–Kier alpha value is -4.06. The van der Waals surface area contributed by atoms with Crippen LogP contribution in [0.1, 0.15) is 31.0 Å². The molecule has 0 saturated carbocycles. The van der Waals surface area contributed by atoms with Crippen molar-refractivity contribution in [1.29, 1.82) is 0 Å². The molecule has 1 aliphatic heterocycles. The molecule has 0 radical (unpaired) electrons. The zero-order valence-corrected chi connectivity index (χ0v) is 22.3. The summed E-state index contributed by atoms with van der Waals surface area (Å²) in [5.74, 6) is 0.255. The summed E-state index contributed by atoms with van der Waals surface area (Å²) < 4.78 is 22.1. The highest BCUT2D eigenvalue weighted by atomic mass is 79.9. The summed E-state index contributed by atoms with van der Waals surface area (Å²) in [5, 5.41) is 9.21. The fraction of sp³-hybridized carbons (Fsp3) is 0.280. The molecule has 3 rings (SSSR count). The first kappa shape index (κ1) is 27.5. The van der Waals surface area contributed by atoms with Crippen LogP contribution in [0.5, 0.6) is 17.2 Å². The van der Waals surface area contributed by atoms with E-state index in [1.807, 2.05) is 13.0 Å². The summed E-state index contributed by atoms with van der Waals surface area (Å²) in [6.07, 6.45) is 1.50. The van der Waals surface area contributed by atoms with Gasteiger partial charge in [0, 0.05) is 5.70 Å². The van der Waals surface area contributed by atoms with Crippen molar-refractivity contribution >= 4 is 40.1 Å². The van der Waals surface area contributed by atoms with E-state index in [9.17, 15) is 14.4 Å². The number of urea groups is 1. The maximum Gasteiger partial charge on any atom is 0.337 e. The molecule has 37 heavy (non-hydrogen) atoms. The molecular formula is C25H27BrN4O7. The highest BCUT2D eigenvalue weighted by Crippen LogP contribution is 2.34. The second kappa shape index (κ2) is 12.8. The van der Waals surface area contributed by atoms with Gasteiger partial charge >= 0.3 is 12.0 Å². The highest BCUT2D eigenvalue weighted by Gasteiger charge is 2.32. The fourth-order valence-corrected chi connectivity index (χ4v) is 4.04. The number of hydrogen-bond donors (Lipinski definition) is 3. The first-order chi connectivity index (χ1) is 17.8. The molecule has 0 spiro atoms. The number of carbonyl (C=O) groups is 3. The van der Waals surface area contributed by atoms with E-state index >= 15 is 0 Å². The SMILES string of the molecule is CCOc1ccc(/C=N\NC(=O)COc2ccc([C@@H]3NC(=O)NC(C)=C3C(=O)OC)cc2OC)cc1Br. The smallest absolute Gasteiger partial charge is 0.337 e. The fourth-order valence-electron chi connectivity index (χ4n) is 3.53. The van der Waals surface area contributed by atoms with Gasteiger partial charge < -0.3 is 29.6 Å². The number of halogens is 1. The average molecular weight is 575 g/mol. The van der Waals surface area contributed by atoms with Gasteiger partial charge in [0.25, 0.3) is 5.91 Å². The summed E-state index contributed by atoms with van der Waals surface area (Å²) >= 11 is 3.43. The van der Waals surface area contributed by atoms with Crippen LogP contribution in [0, 0.1) is 0 Å². The quantitative estimate of drug-likeness (QED) is 0.225. The normalized spacial score (nSPS) is 15.1. The van der Waals surface area contributed by atoms with Gasteiger partial charge in [-0.2, -0.15) is 5.10 Å². The highest BCUT2D eigenvalue weighted by molar-refractivity contribution is 9.10. The van der Waals surface area contributed by atoms with Crippen LogP contribution in [0.4, 0.5) is 4.79 Å². The number of nitrogens with one attached hydrogen (secondary N) is 3. The molecule has 1 aliphatic rings. The molecule has 0 aliphatic carbocycles. The van der Waals surface area contributed by atoms with Crippen LogP contribution in [0.15, 0.2) is 57.2 Å². The van der Waals surface area contributed by atoms with E-state index in [2.05, 4.69) is 37.1 Å². The Labute approximate surface area is 222 Å². The maximum atomic E-state index is 12.3. The molecule has 3 N–H and O–H groups in total.